The fraction of sp³-hybridized carbons (Fsp3) is 0.304. The van der Waals surface area contributed by atoms with E-state index in [0.717, 1.165) is 36.1 Å². The number of Topliss-reactive ketones (excluding diaryl/α,β-unsaturated/α-hetero) is 1. The molecule has 0 N–H and O–H groups in total. The molecule has 0 radical (unpaired) electrons. The predicted octanol–water partition coefficient (Wildman–Crippen LogP) is 3.25. The monoisotopic (exact) mass is 388 g/mol. The summed E-state index contributed by atoms with van der Waals surface area (Å²) in [6, 6.07) is 13.0. The molecular weight excluding hydrogens is 364 g/mol. The van der Waals surface area contributed by atoms with Gasteiger partial charge in [-0.1, -0.05) is 23.8 Å². The summed E-state index contributed by atoms with van der Waals surface area (Å²) in [5.74, 6) is 0.659. The fourth-order valence-corrected chi connectivity index (χ4v) is 3.89. The number of carbonyl (C=O) groups is 1. The zero-order valence-electron chi connectivity index (χ0n) is 16.7. The Balaban J connectivity index is 1.64. The predicted molar refractivity (Wildman–Crippen MR) is 113 cm³/mol. The smallest absolute Gasteiger partial charge is 0.255 e. The first-order chi connectivity index (χ1) is 14.0. The van der Waals surface area contributed by atoms with Gasteiger partial charge >= 0.3 is 0 Å². The van der Waals surface area contributed by atoms with Crippen molar-refractivity contribution in [1.82, 2.24) is 14.5 Å². The van der Waals surface area contributed by atoms with E-state index in [1.165, 1.54) is 6.07 Å². The first-order valence-corrected chi connectivity index (χ1v) is 9.87. The van der Waals surface area contributed by atoms with Gasteiger partial charge in [-0.25, -0.2) is 4.98 Å². The summed E-state index contributed by atoms with van der Waals surface area (Å²) in [5, 5.41) is 0. The van der Waals surface area contributed by atoms with Gasteiger partial charge in [0.2, 0.25) is 5.95 Å². The van der Waals surface area contributed by atoms with E-state index in [-0.39, 0.29) is 17.3 Å². The quantitative estimate of drug-likeness (QED) is 0.642. The molecule has 4 rings (SSSR count). The molecule has 0 bridgehead atoms. The van der Waals surface area contributed by atoms with Crippen LogP contribution in [0, 0.1) is 12.8 Å². The van der Waals surface area contributed by atoms with Crippen LogP contribution in [0.15, 0.2) is 59.7 Å². The molecule has 1 unspecified atom stereocenters. The van der Waals surface area contributed by atoms with Crippen LogP contribution in [-0.4, -0.2) is 33.4 Å². The van der Waals surface area contributed by atoms with Crippen molar-refractivity contribution in [3.63, 3.8) is 0 Å². The highest BCUT2D eigenvalue weighted by molar-refractivity contribution is 5.98. The fourth-order valence-electron chi connectivity index (χ4n) is 3.89. The van der Waals surface area contributed by atoms with E-state index in [9.17, 15) is 9.59 Å². The van der Waals surface area contributed by atoms with Gasteiger partial charge in [-0.2, -0.15) is 0 Å². The van der Waals surface area contributed by atoms with Crippen molar-refractivity contribution in [1.29, 1.82) is 0 Å². The highest BCUT2D eigenvalue weighted by Crippen LogP contribution is 2.25. The summed E-state index contributed by atoms with van der Waals surface area (Å²) in [5.41, 5.74) is 3.19. The maximum Gasteiger partial charge on any atom is 0.255 e. The van der Waals surface area contributed by atoms with Gasteiger partial charge in [-0.05, 0) is 38.0 Å². The van der Waals surface area contributed by atoms with Crippen LogP contribution in [0.25, 0.3) is 11.3 Å². The SMILES string of the molecule is Cc1cccc(C(=O)C2CCCN(c3nc(-c4ccncc4)cc(=O)n3C)C2)c1. The summed E-state index contributed by atoms with van der Waals surface area (Å²) in [4.78, 5) is 36.5. The van der Waals surface area contributed by atoms with E-state index in [1.807, 2.05) is 43.3 Å². The molecular formula is C23H24N4O2. The van der Waals surface area contributed by atoms with E-state index in [4.69, 9.17) is 4.98 Å². The number of aromatic nitrogens is 3. The molecule has 1 fully saturated rings. The number of pyridine rings is 1. The Hall–Kier alpha value is -3.28. The van der Waals surface area contributed by atoms with Gasteiger partial charge in [-0.3, -0.25) is 19.1 Å². The summed E-state index contributed by atoms with van der Waals surface area (Å²) in [7, 11) is 1.73. The molecule has 0 saturated carbocycles. The van der Waals surface area contributed by atoms with Crippen LogP contribution in [0.1, 0.15) is 28.8 Å². The third-order valence-electron chi connectivity index (χ3n) is 5.46. The van der Waals surface area contributed by atoms with E-state index in [1.54, 1.807) is 24.0 Å². The number of benzene rings is 1. The van der Waals surface area contributed by atoms with Crippen molar-refractivity contribution in [3.05, 3.63) is 76.3 Å². The van der Waals surface area contributed by atoms with Gasteiger partial charge in [0.25, 0.3) is 5.56 Å². The second-order valence-electron chi connectivity index (χ2n) is 7.59. The molecule has 3 heterocycles. The van der Waals surface area contributed by atoms with Crippen molar-refractivity contribution in [2.24, 2.45) is 13.0 Å². The van der Waals surface area contributed by atoms with Crippen LogP contribution >= 0.6 is 0 Å². The third-order valence-corrected chi connectivity index (χ3v) is 5.46. The zero-order chi connectivity index (χ0) is 20.4. The normalized spacial score (nSPS) is 16.6. The molecule has 0 amide bonds. The van der Waals surface area contributed by atoms with Crippen molar-refractivity contribution in [2.45, 2.75) is 19.8 Å². The molecule has 1 saturated heterocycles. The largest absolute Gasteiger partial charge is 0.341 e. The minimum Gasteiger partial charge on any atom is -0.341 e. The van der Waals surface area contributed by atoms with E-state index in [2.05, 4.69) is 9.88 Å². The van der Waals surface area contributed by atoms with Gasteiger partial charge < -0.3 is 4.90 Å². The summed E-state index contributed by atoms with van der Waals surface area (Å²) in [6.45, 7) is 3.33. The molecule has 6 nitrogen and oxygen atoms in total. The minimum absolute atomic E-state index is 0.105. The Bertz CT molecular complexity index is 1090. The van der Waals surface area contributed by atoms with Gasteiger partial charge in [0, 0.05) is 55.6 Å². The van der Waals surface area contributed by atoms with Crippen LogP contribution < -0.4 is 10.5 Å². The number of hydrogen-bond donors (Lipinski definition) is 0. The Morgan fingerprint density at radius 1 is 1.14 bits per heavy atom. The molecule has 6 heteroatoms. The maximum atomic E-state index is 13.0. The highest BCUT2D eigenvalue weighted by Gasteiger charge is 2.28. The van der Waals surface area contributed by atoms with Crippen LogP contribution in [0.2, 0.25) is 0 Å². The number of piperidine rings is 1. The number of hydrogen-bond acceptors (Lipinski definition) is 5. The molecule has 0 spiro atoms. The summed E-state index contributed by atoms with van der Waals surface area (Å²) in [6.07, 6.45) is 5.11. The second kappa shape index (κ2) is 7.99. The zero-order valence-corrected chi connectivity index (χ0v) is 16.7. The van der Waals surface area contributed by atoms with Crippen molar-refractivity contribution in [2.75, 3.05) is 18.0 Å². The van der Waals surface area contributed by atoms with Crippen LogP contribution in [-0.2, 0) is 7.05 Å². The average Bonchev–Trinajstić information content (AvgIpc) is 2.75. The van der Waals surface area contributed by atoms with Crippen LogP contribution in [0.4, 0.5) is 5.95 Å². The molecule has 3 aromatic rings. The van der Waals surface area contributed by atoms with Gasteiger partial charge in [0.05, 0.1) is 5.69 Å². The van der Waals surface area contributed by atoms with E-state index < -0.39 is 0 Å². The topological polar surface area (TPSA) is 68.1 Å². The Labute approximate surface area is 169 Å². The molecule has 0 aliphatic carbocycles. The molecule has 2 aromatic heterocycles. The van der Waals surface area contributed by atoms with Crippen LogP contribution in [0.3, 0.4) is 0 Å². The third kappa shape index (κ3) is 3.97. The first kappa shape index (κ1) is 19.1. The number of rotatable bonds is 4. The molecule has 148 valence electrons. The molecule has 29 heavy (non-hydrogen) atoms. The Morgan fingerprint density at radius 2 is 1.93 bits per heavy atom. The van der Waals surface area contributed by atoms with Crippen molar-refractivity contribution >= 4 is 11.7 Å². The molecule has 1 aliphatic heterocycles. The maximum absolute atomic E-state index is 13.0. The summed E-state index contributed by atoms with van der Waals surface area (Å²) < 4.78 is 1.56. The van der Waals surface area contributed by atoms with E-state index in [0.29, 0.717) is 18.2 Å². The highest BCUT2D eigenvalue weighted by atomic mass is 16.1. The van der Waals surface area contributed by atoms with Gasteiger partial charge in [0.1, 0.15) is 0 Å². The Kier molecular flexibility index (Phi) is 5.25. The van der Waals surface area contributed by atoms with E-state index >= 15 is 0 Å². The molecule has 1 atom stereocenters. The number of nitrogens with zero attached hydrogens (tertiary/aromatic N) is 4. The molecule has 1 aromatic carbocycles. The lowest BCUT2D eigenvalue weighted by molar-refractivity contribution is 0.0906. The standard InChI is InChI=1S/C23H24N4O2/c1-16-5-3-6-18(13-16)22(29)19-7-4-12-27(15-19)23-25-20(14-21(28)26(23)2)17-8-10-24-11-9-17/h3,5-6,8-11,13-14,19H,4,7,12,15H2,1-2H3. The number of aryl methyl sites for hydroxylation is 1. The lowest BCUT2D eigenvalue weighted by Gasteiger charge is -2.33. The number of anilines is 1. The average molecular weight is 388 g/mol. The van der Waals surface area contributed by atoms with Gasteiger partial charge in [-0.15, -0.1) is 0 Å². The summed E-state index contributed by atoms with van der Waals surface area (Å²) >= 11 is 0. The minimum atomic E-state index is -0.117. The number of carbonyl (C=O) groups excluding carboxylic acids is 1. The lowest BCUT2D eigenvalue weighted by atomic mass is 9.89. The number of ketones is 1. The van der Waals surface area contributed by atoms with Crippen molar-refractivity contribution < 1.29 is 4.79 Å². The van der Waals surface area contributed by atoms with Crippen molar-refractivity contribution in [3.8, 4) is 11.3 Å². The molecule has 1 aliphatic rings. The van der Waals surface area contributed by atoms with Crippen LogP contribution in [0.5, 0.6) is 0 Å². The Morgan fingerprint density at radius 3 is 2.69 bits per heavy atom. The second-order valence-corrected chi connectivity index (χ2v) is 7.59. The first-order valence-electron chi connectivity index (χ1n) is 9.87. The van der Waals surface area contributed by atoms with Gasteiger partial charge in [0.15, 0.2) is 5.78 Å². The lowest BCUT2D eigenvalue weighted by Crippen LogP contribution is -2.41.